The second-order valence-corrected chi connectivity index (χ2v) is 5.16. The van der Waals surface area contributed by atoms with Gasteiger partial charge in [0.05, 0.1) is 5.69 Å². The van der Waals surface area contributed by atoms with Crippen LogP contribution in [0.3, 0.4) is 0 Å². The number of anilines is 1. The predicted octanol–water partition coefficient (Wildman–Crippen LogP) is 4.58. The lowest BCUT2D eigenvalue weighted by Gasteiger charge is -2.19. The SMILES string of the molecule is CC.CCn1nnc2c1-c1ccccc1NCc1ccccc1-2. The number of fused-ring (bicyclic) bond motifs is 5. The van der Waals surface area contributed by atoms with Crippen molar-refractivity contribution in [2.75, 3.05) is 5.32 Å². The number of hydrogen-bond donors (Lipinski definition) is 1. The molecule has 4 heteroatoms. The number of nitrogens with zero attached hydrogens (tertiary/aromatic N) is 3. The van der Waals surface area contributed by atoms with Crippen molar-refractivity contribution >= 4 is 5.69 Å². The maximum atomic E-state index is 4.45. The van der Waals surface area contributed by atoms with E-state index in [9.17, 15) is 0 Å². The molecule has 0 bridgehead atoms. The lowest BCUT2D eigenvalue weighted by atomic mass is 9.97. The highest BCUT2D eigenvalue weighted by atomic mass is 15.4. The van der Waals surface area contributed by atoms with Gasteiger partial charge in [-0.3, -0.25) is 0 Å². The van der Waals surface area contributed by atoms with Gasteiger partial charge >= 0.3 is 0 Å². The van der Waals surface area contributed by atoms with Crippen molar-refractivity contribution in [3.63, 3.8) is 0 Å². The molecule has 23 heavy (non-hydrogen) atoms. The molecule has 2 aromatic carbocycles. The van der Waals surface area contributed by atoms with Gasteiger partial charge in [-0.05, 0) is 18.6 Å². The summed E-state index contributed by atoms with van der Waals surface area (Å²) >= 11 is 0. The Kier molecular flexibility index (Phi) is 4.42. The fourth-order valence-corrected chi connectivity index (χ4v) is 2.92. The van der Waals surface area contributed by atoms with E-state index in [0.717, 1.165) is 41.3 Å². The van der Waals surface area contributed by atoms with E-state index < -0.39 is 0 Å². The molecule has 0 atom stereocenters. The largest absolute Gasteiger partial charge is 0.380 e. The predicted molar refractivity (Wildman–Crippen MR) is 95.2 cm³/mol. The van der Waals surface area contributed by atoms with Gasteiger partial charge in [-0.25, -0.2) is 4.68 Å². The van der Waals surface area contributed by atoms with Crippen LogP contribution in [0.15, 0.2) is 48.5 Å². The number of benzene rings is 2. The molecule has 0 aliphatic carbocycles. The Morgan fingerprint density at radius 2 is 1.70 bits per heavy atom. The monoisotopic (exact) mass is 306 g/mol. The first-order valence-electron chi connectivity index (χ1n) is 8.23. The standard InChI is InChI=1S/C17H16N4.C2H6/c1-2-21-17-14-9-5-6-10-15(14)18-11-12-7-3-4-8-13(12)16(17)19-20-21;1-2/h3-10,18H,2,11H2,1H3;1-2H3. The summed E-state index contributed by atoms with van der Waals surface area (Å²) in [5.74, 6) is 0. The molecule has 4 nitrogen and oxygen atoms in total. The van der Waals surface area contributed by atoms with Crippen LogP contribution >= 0.6 is 0 Å². The summed E-state index contributed by atoms with van der Waals surface area (Å²) in [4.78, 5) is 0. The molecule has 0 fully saturated rings. The van der Waals surface area contributed by atoms with E-state index in [-0.39, 0.29) is 0 Å². The molecule has 0 spiro atoms. The molecule has 1 aliphatic heterocycles. The average Bonchev–Trinajstić information content (AvgIpc) is 3.04. The number of aromatic nitrogens is 3. The molecule has 0 saturated heterocycles. The maximum absolute atomic E-state index is 4.45. The summed E-state index contributed by atoms with van der Waals surface area (Å²) < 4.78 is 1.97. The van der Waals surface area contributed by atoms with Crippen LogP contribution in [0.4, 0.5) is 5.69 Å². The van der Waals surface area contributed by atoms with Crippen molar-refractivity contribution in [3.8, 4) is 22.5 Å². The van der Waals surface area contributed by atoms with E-state index in [1.54, 1.807) is 0 Å². The zero-order valence-electron chi connectivity index (χ0n) is 13.9. The van der Waals surface area contributed by atoms with Crippen LogP contribution < -0.4 is 5.32 Å². The van der Waals surface area contributed by atoms with Crippen LogP contribution in [0, 0.1) is 0 Å². The van der Waals surface area contributed by atoms with Crippen LogP contribution in [0.25, 0.3) is 22.5 Å². The minimum Gasteiger partial charge on any atom is -0.380 e. The van der Waals surface area contributed by atoms with Crippen molar-refractivity contribution in [1.29, 1.82) is 0 Å². The maximum Gasteiger partial charge on any atom is 0.121 e. The molecular weight excluding hydrogens is 284 g/mol. The Morgan fingerprint density at radius 1 is 1.00 bits per heavy atom. The zero-order chi connectivity index (χ0) is 16.2. The zero-order valence-corrected chi connectivity index (χ0v) is 13.9. The number of hydrogen-bond acceptors (Lipinski definition) is 3. The van der Waals surface area contributed by atoms with Crippen molar-refractivity contribution in [3.05, 3.63) is 54.1 Å². The van der Waals surface area contributed by atoms with Gasteiger partial charge in [0.1, 0.15) is 5.69 Å². The minimum absolute atomic E-state index is 0.797. The van der Waals surface area contributed by atoms with Gasteiger partial charge in [-0.2, -0.15) is 0 Å². The van der Waals surface area contributed by atoms with E-state index in [2.05, 4.69) is 71.1 Å². The normalized spacial score (nSPS) is 11.6. The molecule has 2 heterocycles. The number of aryl methyl sites for hydroxylation is 1. The van der Waals surface area contributed by atoms with Crippen molar-refractivity contribution < 1.29 is 0 Å². The molecule has 0 radical (unpaired) electrons. The van der Waals surface area contributed by atoms with Gasteiger partial charge in [-0.1, -0.05) is 61.5 Å². The van der Waals surface area contributed by atoms with Gasteiger partial charge in [-0.15, -0.1) is 5.10 Å². The molecule has 0 amide bonds. The lowest BCUT2D eigenvalue weighted by Crippen LogP contribution is -2.08. The van der Waals surface area contributed by atoms with Crippen molar-refractivity contribution in [2.45, 2.75) is 33.9 Å². The highest BCUT2D eigenvalue weighted by molar-refractivity contribution is 5.87. The first-order chi connectivity index (χ1) is 11.4. The fraction of sp³-hybridized carbons (Fsp3) is 0.263. The molecule has 3 aromatic rings. The van der Waals surface area contributed by atoms with Crippen molar-refractivity contribution in [2.24, 2.45) is 0 Å². The topological polar surface area (TPSA) is 42.7 Å². The number of rotatable bonds is 1. The lowest BCUT2D eigenvalue weighted by molar-refractivity contribution is 0.633. The molecular formula is C19H22N4. The average molecular weight is 306 g/mol. The molecule has 1 aromatic heterocycles. The van der Waals surface area contributed by atoms with Gasteiger partial charge < -0.3 is 5.32 Å². The molecule has 4 rings (SSSR count). The van der Waals surface area contributed by atoms with E-state index in [1.165, 1.54) is 5.56 Å². The third-order valence-corrected chi connectivity index (χ3v) is 3.96. The fourth-order valence-electron chi connectivity index (χ4n) is 2.92. The highest BCUT2D eigenvalue weighted by Crippen LogP contribution is 2.38. The number of para-hydroxylation sites is 1. The van der Waals surface area contributed by atoms with Crippen LogP contribution in [-0.2, 0) is 13.1 Å². The van der Waals surface area contributed by atoms with Gasteiger partial charge in [0, 0.05) is 29.9 Å². The summed E-state index contributed by atoms with van der Waals surface area (Å²) in [6.07, 6.45) is 0. The van der Waals surface area contributed by atoms with Crippen LogP contribution in [0.5, 0.6) is 0 Å². The van der Waals surface area contributed by atoms with E-state index in [1.807, 2.05) is 18.5 Å². The summed E-state index contributed by atoms with van der Waals surface area (Å²) in [5, 5.41) is 12.3. The summed E-state index contributed by atoms with van der Waals surface area (Å²) in [6.45, 7) is 7.69. The summed E-state index contributed by atoms with van der Waals surface area (Å²) in [7, 11) is 0. The van der Waals surface area contributed by atoms with E-state index >= 15 is 0 Å². The third kappa shape index (κ3) is 2.61. The van der Waals surface area contributed by atoms with Crippen LogP contribution in [0.2, 0.25) is 0 Å². The second kappa shape index (κ2) is 6.65. The molecule has 1 aliphatic rings. The molecule has 118 valence electrons. The summed E-state index contributed by atoms with van der Waals surface area (Å²) in [5.41, 5.74) is 6.76. The first-order valence-corrected chi connectivity index (χ1v) is 8.23. The van der Waals surface area contributed by atoms with Crippen LogP contribution in [0.1, 0.15) is 26.3 Å². The minimum atomic E-state index is 0.797. The van der Waals surface area contributed by atoms with Gasteiger partial charge in [0.2, 0.25) is 0 Å². The third-order valence-electron chi connectivity index (χ3n) is 3.96. The Balaban J connectivity index is 0.000000753. The first kappa shape index (κ1) is 15.3. The Bertz CT molecular complexity index is 805. The Hall–Kier alpha value is -2.62. The number of nitrogens with one attached hydrogen (secondary N) is 1. The Labute approximate surface area is 137 Å². The van der Waals surface area contributed by atoms with Crippen LogP contribution in [-0.4, -0.2) is 15.0 Å². The van der Waals surface area contributed by atoms with E-state index in [0.29, 0.717) is 0 Å². The smallest absolute Gasteiger partial charge is 0.121 e. The van der Waals surface area contributed by atoms with Crippen molar-refractivity contribution in [1.82, 2.24) is 15.0 Å². The van der Waals surface area contributed by atoms with Gasteiger partial charge in [0.15, 0.2) is 0 Å². The molecule has 1 N–H and O–H groups in total. The van der Waals surface area contributed by atoms with E-state index in [4.69, 9.17) is 0 Å². The van der Waals surface area contributed by atoms with Gasteiger partial charge in [0.25, 0.3) is 0 Å². The second-order valence-electron chi connectivity index (χ2n) is 5.16. The Morgan fingerprint density at radius 3 is 2.48 bits per heavy atom. The summed E-state index contributed by atoms with van der Waals surface area (Å²) in [6, 6.07) is 16.7. The molecule has 0 saturated carbocycles. The molecule has 0 unspecified atom stereocenters. The quantitative estimate of drug-likeness (QED) is 0.715. The highest BCUT2D eigenvalue weighted by Gasteiger charge is 2.22.